The normalized spacial score (nSPS) is 15.3. The highest BCUT2D eigenvalue weighted by molar-refractivity contribution is 6.09. The van der Waals surface area contributed by atoms with E-state index in [4.69, 9.17) is 0 Å². The van der Waals surface area contributed by atoms with Gasteiger partial charge in [0.15, 0.2) is 0 Å². The van der Waals surface area contributed by atoms with E-state index in [1.165, 1.54) is 6.20 Å². The standard InChI is InChI=1S/C27H33N9O2/c1-16-22(7-20(9-28-16)32-25(37)19-13-35(14-19)17(2)27(3,4)5)33-26(38)21-10-31-36-15-23(29-11-24(21)36)18-8-30-34(6)12-18/h7-12,15,17,19H,13-14H2,1-6H3,(H,32,37)(H,33,38)/t17-/m1/s1. The van der Waals surface area contributed by atoms with E-state index in [-0.39, 0.29) is 23.1 Å². The fraction of sp³-hybridized carbons (Fsp3) is 0.407. The van der Waals surface area contributed by atoms with Crippen molar-refractivity contribution in [2.45, 2.75) is 40.7 Å². The molecule has 0 aliphatic carbocycles. The Kier molecular flexibility index (Phi) is 6.47. The Morgan fingerprint density at radius 1 is 1.03 bits per heavy atom. The molecule has 1 aliphatic heterocycles. The molecule has 0 bridgehead atoms. The number of carbonyl (C=O) groups excluding carboxylic acids is 2. The van der Waals surface area contributed by atoms with E-state index in [2.05, 4.69) is 63.4 Å². The summed E-state index contributed by atoms with van der Waals surface area (Å²) in [7, 11) is 1.84. The molecule has 198 valence electrons. The van der Waals surface area contributed by atoms with Crippen LogP contribution in [0.1, 0.15) is 43.7 Å². The molecule has 5 heterocycles. The second kappa shape index (κ2) is 9.64. The average molecular weight is 516 g/mol. The first-order chi connectivity index (χ1) is 18.0. The molecule has 1 atom stereocenters. The Bertz CT molecular complexity index is 1510. The Morgan fingerprint density at radius 2 is 1.79 bits per heavy atom. The van der Waals surface area contributed by atoms with Crippen molar-refractivity contribution in [3.63, 3.8) is 0 Å². The van der Waals surface area contributed by atoms with Crippen LogP contribution < -0.4 is 10.6 Å². The third-order valence-corrected chi connectivity index (χ3v) is 7.33. The molecule has 5 rings (SSSR count). The fourth-order valence-electron chi connectivity index (χ4n) is 4.47. The molecule has 2 amide bonds. The SMILES string of the molecule is Cc1ncc(NC(=O)C2CN([C@H](C)C(C)(C)C)C2)cc1NC(=O)c1cnn2cc(-c3cnn(C)c3)ncc12. The number of pyridine rings is 1. The molecule has 38 heavy (non-hydrogen) atoms. The predicted octanol–water partition coefficient (Wildman–Crippen LogP) is 3.39. The molecule has 4 aromatic heterocycles. The number of carbonyl (C=O) groups is 2. The van der Waals surface area contributed by atoms with E-state index in [0.717, 1.165) is 18.7 Å². The van der Waals surface area contributed by atoms with Crippen LogP contribution in [0, 0.1) is 18.3 Å². The van der Waals surface area contributed by atoms with Crippen molar-refractivity contribution in [1.82, 2.24) is 34.3 Å². The molecule has 0 radical (unpaired) electrons. The number of nitrogens with one attached hydrogen (secondary N) is 2. The van der Waals surface area contributed by atoms with Crippen LogP contribution in [0.5, 0.6) is 0 Å². The van der Waals surface area contributed by atoms with Crippen molar-refractivity contribution in [2.75, 3.05) is 23.7 Å². The number of hydrogen-bond donors (Lipinski definition) is 2. The minimum Gasteiger partial charge on any atom is -0.324 e. The summed E-state index contributed by atoms with van der Waals surface area (Å²) >= 11 is 0. The summed E-state index contributed by atoms with van der Waals surface area (Å²) in [4.78, 5) is 37.2. The molecule has 0 unspecified atom stereocenters. The summed E-state index contributed by atoms with van der Waals surface area (Å²) in [5, 5.41) is 14.4. The van der Waals surface area contributed by atoms with Gasteiger partial charge in [0, 0.05) is 37.9 Å². The first-order valence-electron chi connectivity index (χ1n) is 12.6. The van der Waals surface area contributed by atoms with Crippen LogP contribution in [0.4, 0.5) is 11.4 Å². The lowest BCUT2D eigenvalue weighted by atomic mass is 9.83. The third kappa shape index (κ3) is 5.01. The maximum atomic E-state index is 13.2. The molecule has 1 saturated heterocycles. The van der Waals surface area contributed by atoms with Crippen molar-refractivity contribution >= 4 is 28.7 Å². The zero-order valence-electron chi connectivity index (χ0n) is 22.6. The second-order valence-electron chi connectivity index (χ2n) is 11.1. The number of aryl methyl sites for hydroxylation is 2. The molecular formula is C27H33N9O2. The maximum Gasteiger partial charge on any atom is 0.259 e. The average Bonchev–Trinajstić information content (AvgIpc) is 3.45. The van der Waals surface area contributed by atoms with Crippen molar-refractivity contribution in [2.24, 2.45) is 18.4 Å². The van der Waals surface area contributed by atoms with Gasteiger partial charge < -0.3 is 10.6 Å². The van der Waals surface area contributed by atoms with Gasteiger partial charge in [-0.15, -0.1) is 0 Å². The van der Waals surface area contributed by atoms with Crippen LogP contribution in [0.25, 0.3) is 16.8 Å². The summed E-state index contributed by atoms with van der Waals surface area (Å²) in [6.45, 7) is 12.1. The largest absolute Gasteiger partial charge is 0.324 e. The van der Waals surface area contributed by atoms with Crippen LogP contribution >= 0.6 is 0 Å². The van der Waals surface area contributed by atoms with E-state index in [1.807, 2.05) is 13.2 Å². The number of aromatic nitrogens is 6. The first kappa shape index (κ1) is 25.5. The summed E-state index contributed by atoms with van der Waals surface area (Å²) < 4.78 is 3.32. The zero-order valence-corrected chi connectivity index (χ0v) is 22.6. The third-order valence-electron chi connectivity index (χ3n) is 7.33. The minimum absolute atomic E-state index is 0.0385. The summed E-state index contributed by atoms with van der Waals surface area (Å²) in [6.07, 6.45) is 10.1. The van der Waals surface area contributed by atoms with Crippen molar-refractivity contribution in [3.8, 4) is 11.3 Å². The van der Waals surface area contributed by atoms with Gasteiger partial charge in [-0.1, -0.05) is 20.8 Å². The number of anilines is 2. The monoisotopic (exact) mass is 515 g/mol. The number of likely N-dealkylation sites (tertiary alicyclic amines) is 1. The molecule has 1 fully saturated rings. The van der Waals surface area contributed by atoms with Gasteiger partial charge in [-0.3, -0.25) is 29.1 Å². The topological polar surface area (TPSA) is 122 Å². The highest BCUT2D eigenvalue weighted by Gasteiger charge is 2.38. The van der Waals surface area contributed by atoms with Crippen LogP contribution in [-0.4, -0.2) is 65.2 Å². The van der Waals surface area contributed by atoms with Crippen molar-refractivity contribution < 1.29 is 9.59 Å². The molecule has 2 N–H and O–H groups in total. The molecule has 0 saturated carbocycles. The number of rotatable bonds is 6. The zero-order chi connectivity index (χ0) is 27.2. The summed E-state index contributed by atoms with van der Waals surface area (Å²) in [5.41, 5.74) is 4.37. The lowest BCUT2D eigenvalue weighted by molar-refractivity contribution is -0.127. The Morgan fingerprint density at radius 3 is 2.47 bits per heavy atom. The van der Waals surface area contributed by atoms with Gasteiger partial charge in [0.1, 0.15) is 0 Å². The molecule has 0 aromatic carbocycles. The molecule has 11 nitrogen and oxygen atoms in total. The summed E-state index contributed by atoms with van der Waals surface area (Å²) in [6, 6.07) is 2.13. The maximum absolute atomic E-state index is 13.2. The van der Waals surface area contributed by atoms with E-state index in [0.29, 0.717) is 39.9 Å². The number of fused-ring (bicyclic) bond motifs is 1. The molecule has 1 aliphatic rings. The number of nitrogens with zero attached hydrogens (tertiary/aromatic N) is 7. The van der Waals surface area contributed by atoms with Gasteiger partial charge in [0.05, 0.1) is 70.7 Å². The summed E-state index contributed by atoms with van der Waals surface area (Å²) in [5.74, 6) is -0.444. The number of hydrogen-bond acceptors (Lipinski definition) is 7. The van der Waals surface area contributed by atoms with Crippen LogP contribution in [0.2, 0.25) is 0 Å². The fourth-order valence-corrected chi connectivity index (χ4v) is 4.47. The molecular weight excluding hydrogens is 482 g/mol. The highest BCUT2D eigenvalue weighted by Crippen LogP contribution is 2.30. The lowest BCUT2D eigenvalue weighted by Gasteiger charge is -2.47. The van der Waals surface area contributed by atoms with E-state index in [1.54, 1.807) is 47.0 Å². The van der Waals surface area contributed by atoms with Crippen LogP contribution in [0.15, 0.2) is 43.2 Å². The van der Waals surface area contributed by atoms with Gasteiger partial charge >= 0.3 is 0 Å². The van der Waals surface area contributed by atoms with Crippen molar-refractivity contribution in [1.29, 1.82) is 0 Å². The number of amides is 2. The Balaban J connectivity index is 1.26. The van der Waals surface area contributed by atoms with Gasteiger partial charge in [0.2, 0.25) is 5.91 Å². The van der Waals surface area contributed by atoms with Crippen LogP contribution in [-0.2, 0) is 11.8 Å². The van der Waals surface area contributed by atoms with Gasteiger partial charge in [-0.25, -0.2) is 4.52 Å². The molecule has 11 heteroatoms. The highest BCUT2D eigenvalue weighted by atomic mass is 16.2. The van der Waals surface area contributed by atoms with Gasteiger partial charge in [-0.2, -0.15) is 10.2 Å². The van der Waals surface area contributed by atoms with E-state index < -0.39 is 0 Å². The minimum atomic E-state index is -0.338. The smallest absolute Gasteiger partial charge is 0.259 e. The second-order valence-corrected chi connectivity index (χ2v) is 11.1. The molecule has 0 spiro atoms. The van der Waals surface area contributed by atoms with Crippen LogP contribution in [0.3, 0.4) is 0 Å². The van der Waals surface area contributed by atoms with Gasteiger partial charge in [-0.05, 0) is 25.3 Å². The van der Waals surface area contributed by atoms with E-state index in [9.17, 15) is 9.59 Å². The van der Waals surface area contributed by atoms with E-state index >= 15 is 0 Å². The van der Waals surface area contributed by atoms with Crippen molar-refractivity contribution in [3.05, 3.63) is 54.5 Å². The quantitative estimate of drug-likeness (QED) is 0.404. The Hall–Kier alpha value is -4.12. The Labute approximate surface area is 221 Å². The molecule has 4 aromatic rings. The predicted molar refractivity (Wildman–Crippen MR) is 145 cm³/mol. The lowest BCUT2D eigenvalue weighted by Crippen LogP contribution is -2.58. The van der Waals surface area contributed by atoms with Gasteiger partial charge in [0.25, 0.3) is 5.91 Å². The first-order valence-corrected chi connectivity index (χ1v) is 12.6.